The lowest BCUT2D eigenvalue weighted by molar-refractivity contribution is -0.142. The Morgan fingerprint density at radius 2 is 2.25 bits per heavy atom. The molecule has 2 atom stereocenters. The van der Waals surface area contributed by atoms with Crippen LogP contribution in [0.4, 0.5) is 0 Å². The Hall–Kier alpha value is -0.790. The molecule has 2 nitrogen and oxygen atoms in total. The van der Waals surface area contributed by atoms with Gasteiger partial charge in [0.1, 0.15) is 0 Å². The van der Waals surface area contributed by atoms with Crippen LogP contribution < -0.4 is 0 Å². The Balaban J connectivity index is 2.03. The lowest BCUT2D eigenvalue weighted by atomic mass is 9.72. The highest BCUT2D eigenvalue weighted by atomic mass is 16.5. The Morgan fingerprint density at radius 3 is 2.81 bits per heavy atom. The number of carbonyl (C=O) groups is 1. The van der Waals surface area contributed by atoms with Crippen molar-refractivity contribution in [2.75, 3.05) is 6.61 Å². The van der Waals surface area contributed by atoms with Crippen molar-refractivity contribution in [1.29, 1.82) is 0 Å². The maximum atomic E-state index is 11.4. The topological polar surface area (TPSA) is 26.3 Å². The Morgan fingerprint density at radius 1 is 1.50 bits per heavy atom. The average molecular weight is 222 g/mol. The largest absolute Gasteiger partial charge is 0.466 e. The van der Waals surface area contributed by atoms with E-state index in [2.05, 4.69) is 19.9 Å². The van der Waals surface area contributed by atoms with Crippen LogP contribution in [0.1, 0.15) is 46.5 Å². The first-order valence-corrected chi connectivity index (χ1v) is 6.41. The van der Waals surface area contributed by atoms with Crippen molar-refractivity contribution in [1.82, 2.24) is 0 Å². The summed E-state index contributed by atoms with van der Waals surface area (Å²) < 4.78 is 4.97. The number of carbonyl (C=O) groups excluding carboxylic acids is 1. The summed E-state index contributed by atoms with van der Waals surface area (Å²) in [4.78, 5) is 11.4. The SMILES string of the molecule is CCOC(=O)CC=C1C2CCC(C2)C1(C)C. The van der Waals surface area contributed by atoms with Crippen LogP contribution in [0.25, 0.3) is 0 Å². The summed E-state index contributed by atoms with van der Waals surface area (Å²) in [7, 11) is 0. The molecule has 0 aromatic carbocycles. The molecule has 0 aromatic heterocycles. The van der Waals surface area contributed by atoms with E-state index in [0.717, 1.165) is 11.8 Å². The molecule has 2 rings (SSSR count). The van der Waals surface area contributed by atoms with Gasteiger partial charge in [0, 0.05) is 0 Å². The summed E-state index contributed by atoms with van der Waals surface area (Å²) in [5.41, 5.74) is 1.83. The van der Waals surface area contributed by atoms with Crippen molar-refractivity contribution >= 4 is 5.97 Å². The van der Waals surface area contributed by atoms with Gasteiger partial charge in [-0.15, -0.1) is 0 Å². The molecular weight excluding hydrogens is 200 g/mol. The number of hydrogen-bond acceptors (Lipinski definition) is 2. The van der Waals surface area contributed by atoms with Gasteiger partial charge in [0.15, 0.2) is 0 Å². The molecule has 0 spiro atoms. The monoisotopic (exact) mass is 222 g/mol. The van der Waals surface area contributed by atoms with Gasteiger partial charge in [0.25, 0.3) is 0 Å². The van der Waals surface area contributed by atoms with E-state index in [0.29, 0.717) is 18.4 Å². The second kappa shape index (κ2) is 4.23. The smallest absolute Gasteiger partial charge is 0.309 e. The first-order valence-electron chi connectivity index (χ1n) is 6.41. The van der Waals surface area contributed by atoms with Crippen molar-refractivity contribution in [3.05, 3.63) is 11.6 Å². The molecule has 2 saturated carbocycles. The molecule has 0 amide bonds. The number of fused-ring (bicyclic) bond motifs is 2. The molecule has 0 heterocycles. The van der Waals surface area contributed by atoms with E-state index in [4.69, 9.17) is 4.74 Å². The minimum Gasteiger partial charge on any atom is -0.466 e. The molecule has 90 valence electrons. The van der Waals surface area contributed by atoms with E-state index in [1.54, 1.807) is 0 Å². The predicted octanol–water partition coefficient (Wildman–Crippen LogP) is 3.32. The summed E-state index contributed by atoms with van der Waals surface area (Å²) in [5.74, 6) is 1.49. The van der Waals surface area contributed by atoms with Crippen LogP contribution in [0.15, 0.2) is 11.6 Å². The van der Waals surface area contributed by atoms with E-state index >= 15 is 0 Å². The molecule has 2 aliphatic rings. The molecule has 0 saturated heterocycles. The van der Waals surface area contributed by atoms with Gasteiger partial charge < -0.3 is 4.74 Å². The average Bonchev–Trinajstić information content (AvgIpc) is 2.74. The van der Waals surface area contributed by atoms with Gasteiger partial charge in [-0.2, -0.15) is 0 Å². The van der Waals surface area contributed by atoms with Crippen LogP contribution in [0, 0.1) is 17.3 Å². The molecule has 0 aliphatic heterocycles. The Kier molecular flexibility index (Phi) is 3.09. The molecule has 2 fully saturated rings. The highest BCUT2D eigenvalue weighted by molar-refractivity contribution is 5.71. The van der Waals surface area contributed by atoms with Gasteiger partial charge >= 0.3 is 5.97 Å². The predicted molar refractivity (Wildman–Crippen MR) is 63.9 cm³/mol. The van der Waals surface area contributed by atoms with Crippen molar-refractivity contribution in [3.8, 4) is 0 Å². The molecule has 2 aliphatic carbocycles. The van der Waals surface area contributed by atoms with Crippen molar-refractivity contribution < 1.29 is 9.53 Å². The van der Waals surface area contributed by atoms with Gasteiger partial charge in [-0.1, -0.05) is 25.5 Å². The standard InChI is InChI=1S/C14H22O2/c1-4-16-13(15)8-7-12-10-5-6-11(9-10)14(12,2)3/h7,10-11H,4-6,8-9H2,1-3H3. The third-order valence-electron chi connectivity index (χ3n) is 4.43. The number of esters is 1. The Bertz CT molecular complexity index is 315. The van der Waals surface area contributed by atoms with Gasteiger partial charge in [-0.05, 0) is 43.4 Å². The van der Waals surface area contributed by atoms with Crippen LogP contribution in [0.5, 0.6) is 0 Å². The normalized spacial score (nSPS) is 33.3. The quantitative estimate of drug-likeness (QED) is 0.541. The van der Waals surface area contributed by atoms with E-state index in [-0.39, 0.29) is 5.97 Å². The van der Waals surface area contributed by atoms with Crippen LogP contribution >= 0.6 is 0 Å². The minimum absolute atomic E-state index is 0.0893. The zero-order valence-electron chi connectivity index (χ0n) is 10.6. The third-order valence-corrected chi connectivity index (χ3v) is 4.43. The van der Waals surface area contributed by atoms with E-state index in [1.165, 1.54) is 24.8 Å². The highest BCUT2D eigenvalue weighted by Crippen LogP contribution is 2.58. The number of ether oxygens (including phenoxy) is 1. The zero-order chi connectivity index (χ0) is 11.8. The Labute approximate surface area is 98.1 Å². The third kappa shape index (κ3) is 1.90. The van der Waals surface area contributed by atoms with Gasteiger partial charge in [-0.25, -0.2) is 0 Å². The van der Waals surface area contributed by atoms with Crippen LogP contribution in [-0.4, -0.2) is 12.6 Å². The number of rotatable bonds is 3. The highest BCUT2D eigenvalue weighted by Gasteiger charge is 2.48. The molecule has 0 aromatic rings. The van der Waals surface area contributed by atoms with Gasteiger partial charge in [0.2, 0.25) is 0 Å². The molecule has 16 heavy (non-hydrogen) atoms. The molecule has 2 heteroatoms. The summed E-state index contributed by atoms with van der Waals surface area (Å²) in [6.45, 7) is 6.99. The van der Waals surface area contributed by atoms with Crippen molar-refractivity contribution in [3.63, 3.8) is 0 Å². The maximum absolute atomic E-state index is 11.4. The first kappa shape index (κ1) is 11.7. The molecular formula is C14H22O2. The maximum Gasteiger partial charge on any atom is 0.309 e. The summed E-state index contributed by atoms with van der Waals surface area (Å²) in [5, 5.41) is 0. The summed E-state index contributed by atoms with van der Waals surface area (Å²) >= 11 is 0. The zero-order valence-corrected chi connectivity index (χ0v) is 10.6. The lowest BCUT2D eigenvalue weighted by Crippen LogP contribution is -2.23. The fourth-order valence-corrected chi connectivity index (χ4v) is 3.52. The van der Waals surface area contributed by atoms with Crippen molar-refractivity contribution in [2.45, 2.75) is 46.5 Å². The fourth-order valence-electron chi connectivity index (χ4n) is 3.52. The summed E-state index contributed by atoms with van der Waals surface area (Å²) in [6, 6.07) is 0. The van der Waals surface area contributed by atoms with E-state index in [9.17, 15) is 4.79 Å². The van der Waals surface area contributed by atoms with Gasteiger partial charge in [0.05, 0.1) is 13.0 Å². The van der Waals surface area contributed by atoms with Crippen LogP contribution in [-0.2, 0) is 9.53 Å². The van der Waals surface area contributed by atoms with E-state index < -0.39 is 0 Å². The molecule has 0 N–H and O–H groups in total. The van der Waals surface area contributed by atoms with Gasteiger partial charge in [-0.3, -0.25) is 4.79 Å². The van der Waals surface area contributed by atoms with Crippen molar-refractivity contribution in [2.24, 2.45) is 17.3 Å². The lowest BCUT2D eigenvalue weighted by Gasteiger charge is -2.32. The minimum atomic E-state index is -0.0893. The number of hydrogen-bond donors (Lipinski definition) is 0. The molecule has 2 unspecified atom stereocenters. The molecule has 2 bridgehead atoms. The molecule has 0 radical (unpaired) electrons. The number of allylic oxidation sites excluding steroid dienone is 1. The van der Waals surface area contributed by atoms with Crippen LogP contribution in [0.3, 0.4) is 0 Å². The fraction of sp³-hybridized carbons (Fsp3) is 0.786. The second-order valence-corrected chi connectivity index (χ2v) is 5.60. The van der Waals surface area contributed by atoms with Crippen LogP contribution in [0.2, 0.25) is 0 Å². The second-order valence-electron chi connectivity index (χ2n) is 5.60. The van der Waals surface area contributed by atoms with E-state index in [1.807, 2.05) is 6.92 Å². The summed E-state index contributed by atoms with van der Waals surface area (Å²) in [6.07, 6.45) is 6.62. The first-order chi connectivity index (χ1) is 7.55.